The first-order valence-corrected chi connectivity index (χ1v) is 12.3. The van der Waals surface area contributed by atoms with Gasteiger partial charge in [-0.25, -0.2) is 0 Å². The summed E-state index contributed by atoms with van der Waals surface area (Å²) in [6.45, 7) is 6.91. The molecule has 4 rings (SSSR count). The van der Waals surface area contributed by atoms with Gasteiger partial charge in [0.15, 0.2) is 0 Å². The van der Waals surface area contributed by atoms with Crippen molar-refractivity contribution in [3.63, 3.8) is 0 Å². The van der Waals surface area contributed by atoms with Crippen LogP contribution in [-0.4, -0.2) is 80.0 Å². The first-order valence-electron chi connectivity index (χ1n) is 12.3. The van der Waals surface area contributed by atoms with E-state index in [-0.39, 0.29) is 6.61 Å². The number of piperidine rings is 1. The van der Waals surface area contributed by atoms with Crippen molar-refractivity contribution in [3.05, 3.63) is 60.2 Å². The quantitative estimate of drug-likeness (QED) is 0.648. The highest BCUT2D eigenvalue weighted by atomic mass is 16.5. The van der Waals surface area contributed by atoms with E-state index in [1.807, 2.05) is 6.07 Å². The summed E-state index contributed by atoms with van der Waals surface area (Å²) in [6, 6.07) is 20.3. The van der Waals surface area contributed by atoms with Crippen LogP contribution in [0.15, 0.2) is 54.6 Å². The summed E-state index contributed by atoms with van der Waals surface area (Å²) < 4.78 is 5.57. The van der Waals surface area contributed by atoms with E-state index in [2.05, 4.69) is 63.2 Å². The summed E-state index contributed by atoms with van der Waals surface area (Å²) in [4.78, 5) is 7.80. The first-order chi connectivity index (χ1) is 15.8. The number of hydrogen-bond acceptors (Lipinski definition) is 5. The third-order valence-electron chi connectivity index (χ3n) is 7.26. The van der Waals surface area contributed by atoms with Gasteiger partial charge in [-0.05, 0) is 56.3 Å². The zero-order valence-electron chi connectivity index (χ0n) is 19.5. The number of aliphatic hydroxyl groups is 1. The summed E-state index contributed by atoms with van der Waals surface area (Å²) in [5.74, 6) is 0.970. The maximum Gasteiger partial charge on any atom is 0.142 e. The number of piperazine rings is 1. The Labute approximate surface area is 193 Å². The summed E-state index contributed by atoms with van der Waals surface area (Å²) in [6.07, 6.45) is 5.58. The lowest BCUT2D eigenvalue weighted by Gasteiger charge is -2.47. The third kappa shape index (κ3) is 5.83. The van der Waals surface area contributed by atoms with Crippen LogP contribution >= 0.6 is 0 Å². The fraction of sp³-hybridized carbons (Fsp3) is 0.556. The van der Waals surface area contributed by atoms with Crippen LogP contribution in [-0.2, 0) is 6.42 Å². The van der Waals surface area contributed by atoms with Gasteiger partial charge in [0.1, 0.15) is 5.75 Å². The van der Waals surface area contributed by atoms with Gasteiger partial charge in [0.05, 0.1) is 12.8 Å². The van der Waals surface area contributed by atoms with E-state index in [1.54, 1.807) is 7.11 Å². The highest BCUT2D eigenvalue weighted by Crippen LogP contribution is 2.31. The lowest BCUT2D eigenvalue weighted by Crippen LogP contribution is -2.57. The maximum absolute atomic E-state index is 9.68. The van der Waals surface area contributed by atoms with E-state index in [0.29, 0.717) is 12.1 Å². The van der Waals surface area contributed by atoms with E-state index in [9.17, 15) is 5.11 Å². The Morgan fingerprint density at radius 2 is 1.69 bits per heavy atom. The van der Waals surface area contributed by atoms with Gasteiger partial charge in [-0.1, -0.05) is 42.5 Å². The number of methoxy groups -OCH3 is 1. The third-order valence-corrected chi connectivity index (χ3v) is 7.26. The molecule has 1 atom stereocenters. The van der Waals surface area contributed by atoms with Crippen molar-refractivity contribution in [1.82, 2.24) is 9.80 Å². The van der Waals surface area contributed by atoms with E-state index < -0.39 is 0 Å². The lowest BCUT2D eigenvalue weighted by atomic mass is 9.98. The highest BCUT2D eigenvalue weighted by molar-refractivity contribution is 5.58. The van der Waals surface area contributed by atoms with Gasteiger partial charge in [-0.2, -0.15) is 0 Å². The van der Waals surface area contributed by atoms with E-state index in [1.165, 1.54) is 30.5 Å². The van der Waals surface area contributed by atoms with Crippen LogP contribution in [0.5, 0.6) is 5.75 Å². The molecule has 2 aliphatic rings. The van der Waals surface area contributed by atoms with Gasteiger partial charge in [-0.3, -0.25) is 9.80 Å². The van der Waals surface area contributed by atoms with Crippen molar-refractivity contribution in [2.45, 2.75) is 44.2 Å². The Morgan fingerprint density at radius 1 is 0.938 bits per heavy atom. The van der Waals surface area contributed by atoms with Gasteiger partial charge in [0.25, 0.3) is 0 Å². The average Bonchev–Trinajstić information content (AvgIpc) is 2.86. The summed E-state index contributed by atoms with van der Waals surface area (Å²) in [5.41, 5.74) is 2.64. The van der Waals surface area contributed by atoms with Crippen LogP contribution < -0.4 is 9.64 Å². The van der Waals surface area contributed by atoms with Crippen molar-refractivity contribution in [2.75, 3.05) is 57.9 Å². The zero-order chi connectivity index (χ0) is 22.2. The SMILES string of the molecule is COc1ccccc1N1CCC(N2CCN(CCCc3ccccc3)[C@H](CCO)C2)CC1. The Bertz CT molecular complexity index is 808. The van der Waals surface area contributed by atoms with Gasteiger partial charge in [0.2, 0.25) is 0 Å². The van der Waals surface area contributed by atoms with E-state index >= 15 is 0 Å². The molecular formula is C27H39N3O2. The first kappa shape index (κ1) is 23.1. The Hall–Kier alpha value is -2.08. The molecule has 2 aromatic carbocycles. The second-order valence-corrected chi connectivity index (χ2v) is 9.18. The molecule has 0 radical (unpaired) electrons. The average molecular weight is 438 g/mol. The molecule has 5 heteroatoms. The van der Waals surface area contributed by atoms with Crippen LogP contribution in [0.1, 0.15) is 31.2 Å². The number of ether oxygens (including phenoxy) is 1. The molecule has 174 valence electrons. The number of nitrogens with zero attached hydrogens (tertiary/aromatic N) is 3. The molecule has 0 bridgehead atoms. The maximum atomic E-state index is 9.68. The summed E-state index contributed by atoms with van der Waals surface area (Å²) >= 11 is 0. The largest absolute Gasteiger partial charge is 0.495 e. The fourth-order valence-corrected chi connectivity index (χ4v) is 5.46. The molecule has 0 amide bonds. The second kappa shape index (κ2) is 11.7. The Kier molecular flexibility index (Phi) is 8.43. The number of para-hydroxylation sites is 2. The number of benzene rings is 2. The van der Waals surface area contributed by atoms with Crippen LogP contribution in [0.25, 0.3) is 0 Å². The molecule has 1 N–H and O–H groups in total. The van der Waals surface area contributed by atoms with Gasteiger partial charge in [0, 0.05) is 51.4 Å². The molecule has 0 unspecified atom stereocenters. The minimum atomic E-state index is 0.278. The molecule has 2 aliphatic heterocycles. The van der Waals surface area contributed by atoms with Crippen LogP contribution in [0.3, 0.4) is 0 Å². The monoisotopic (exact) mass is 437 g/mol. The molecular weight excluding hydrogens is 398 g/mol. The van der Waals surface area contributed by atoms with Crippen molar-refractivity contribution in [1.29, 1.82) is 0 Å². The second-order valence-electron chi connectivity index (χ2n) is 9.18. The summed E-state index contributed by atoms with van der Waals surface area (Å²) in [5, 5.41) is 9.68. The number of anilines is 1. The standard InChI is InChI=1S/C27H39N3O2/c1-32-27-12-6-5-11-26(27)29-17-13-24(14-18-29)30-20-19-28(25(22-30)15-21-31)16-7-10-23-8-3-2-4-9-23/h2-6,8-9,11-12,24-25,31H,7,10,13-22H2,1H3/t25-/m1/s1. The highest BCUT2D eigenvalue weighted by Gasteiger charge is 2.32. The number of hydrogen-bond donors (Lipinski definition) is 1. The van der Waals surface area contributed by atoms with Gasteiger partial charge >= 0.3 is 0 Å². The Balaban J connectivity index is 1.27. The topological polar surface area (TPSA) is 39.2 Å². The predicted molar refractivity (Wildman–Crippen MR) is 132 cm³/mol. The molecule has 0 spiro atoms. The smallest absolute Gasteiger partial charge is 0.142 e. The van der Waals surface area contributed by atoms with Crippen LogP contribution in [0.2, 0.25) is 0 Å². The normalized spacial score (nSPS) is 21.1. The van der Waals surface area contributed by atoms with Gasteiger partial charge < -0.3 is 14.7 Å². The number of aliphatic hydroxyl groups excluding tert-OH is 1. The van der Waals surface area contributed by atoms with Crippen molar-refractivity contribution < 1.29 is 9.84 Å². The molecule has 2 heterocycles. The Morgan fingerprint density at radius 3 is 2.44 bits per heavy atom. The van der Waals surface area contributed by atoms with Crippen LogP contribution in [0, 0.1) is 0 Å². The molecule has 2 aromatic rings. The van der Waals surface area contributed by atoms with Crippen molar-refractivity contribution in [2.24, 2.45) is 0 Å². The van der Waals surface area contributed by atoms with Crippen LogP contribution in [0.4, 0.5) is 5.69 Å². The molecule has 0 aliphatic carbocycles. The lowest BCUT2D eigenvalue weighted by molar-refractivity contribution is 0.0294. The zero-order valence-corrected chi connectivity index (χ0v) is 19.5. The molecule has 5 nitrogen and oxygen atoms in total. The predicted octanol–water partition coefficient (Wildman–Crippen LogP) is 3.67. The minimum absolute atomic E-state index is 0.278. The summed E-state index contributed by atoms with van der Waals surface area (Å²) in [7, 11) is 1.76. The molecule has 2 saturated heterocycles. The molecule has 2 fully saturated rings. The van der Waals surface area contributed by atoms with Crippen molar-refractivity contribution >= 4 is 5.69 Å². The molecule has 0 aromatic heterocycles. The fourth-order valence-electron chi connectivity index (χ4n) is 5.46. The minimum Gasteiger partial charge on any atom is -0.495 e. The van der Waals surface area contributed by atoms with E-state index in [4.69, 9.17) is 4.74 Å². The van der Waals surface area contributed by atoms with Crippen molar-refractivity contribution in [3.8, 4) is 5.75 Å². The van der Waals surface area contributed by atoms with E-state index in [0.717, 1.165) is 57.9 Å². The molecule has 32 heavy (non-hydrogen) atoms. The van der Waals surface area contributed by atoms with Gasteiger partial charge in [-0.15, -0.1) is 0 Å². The number of rotatable bonds is 9. The number of aryl methyl sites for hydroxylation is 1. The molecule has 0 saturated carbocycles.